The molecule has 2 N–H and O–H groups in total. The number of nitrogens with two attached hydrogens (primary N) is 1. The van der Waals surface area contributed by atoms with Crippen LogP contribution in [0.5, 0.6) is 11.5 Å². The molecule has 0 aliphatic carbocycles. The van der Waals surface area contributed by atoms with Gasteiger partial charge in [0.1, 0.15) is 17.2 Å². The number of amidine groups is 1. The molecule has 0 bridgehead atoms. The summed E-state index contributed by atoms with van der Waals surface area (Å²) in [5, 5.41) is 0.496. The van der Waals surface area contributed by atoms with Gasteiger partial charge in [0.05, 0.1) is 13.7 Å². The maximum atomic E-state index is 5.91. The van der Waals surface area contributed by atoms with Gasteiger partial charge in [-0.1, -0.05) is 42.1 Å². The number of aliphatic imine (C=N–C) groups is 1. The van der Waals surface area contributed by atoms with Crippen molar-refractivity contribution in [3.05, 3.63) is 54.6 Å². The molecule has 0 aliphatic heterocycles. The van der Waals surface area contributed by atoms with Crippen LogP contribution in [0.4, 0.5) is 5.69 Å². The van der Waals surface area contributed by atoms with Gasteiger partial charge in [-0.05, 0) is 24.3 Å². The largest absolute Gasteiger partial charge is 0.494 e. The first-order valence-electron chi connectivity index (χ1n) is 6.57. The van der Waals surface area contributed by atoms with Crippen LogP contribution in [0.15, 0.2) is 59.6 Å². The van der Waals surface area contributed by atoms with Crippen LogP contribution in [0, 0.1) is 0 Å². The molecule has 0 aliphatic rings. The molecule has 5 heteroatoms. The van der Waals surface area contributed by atoms with Gasteiger partial charge in [0.2, 0.25) is 0 Å². The summed E-state index contributed by atoms with van der Waals surface area (Å²) in [7, 11) is 1.62. The Bertz CT molecular complexity index is 588. The van der Waals surface area contributed by atoms with Crippen molar-refractivity contribution in [1.29, 1.82) is 0 Å². The number of benzene rings is 2. The van der Waals surface area contributed by atoms with Crippen molar-refractivity contribution in [3.63, 3.8) is 0 Å². The van der Waals surface area contributed by atoms with Crippen LogP contribution in [0.1, 0.15) is 0 Å². The molecule has 0 saturated carbocycles. The molecule has 0 spiro atoms. The highest BCUT2D eigenvalue weighted by Gasteiger charge is 2.01. The molecule has 0 saturated heterocycles. The van der Waals surface area contributed by atoms with Gasteiger partial charge in [-0.2, -0.15) is 0 Å². The lowest BCUT2D eigenvalue weighted by atomic mass is 10.3. The third-order valence-electron chi connectivity index (χ3n) is 2.66. The summed E-state index contributed by atoms with van der Waals surface area (Å²) >= 11 is 1.46. The highest BCUT2D eigenvalue weighted by Crippen LogP contribution is 2.27. The number of ether oxygens (including phenoxy) is 2. The Kier molecular flexibility index (Phi) is 5.97. The maximum Gasteiger partial charge on any atom is 0.159 e. The van der Waals surface area contributed by atoms with Gasteiger partial charge >= 0.3 is 0 Å². The second-order valence-corrected chi connectivity index (χ2v) is 5.25. The summed E-state index contributed by atoms with van der Waals surface area (Å²) in [6, 6.07) is 17.2. The molecule has 0 amide bonds. The van der Waals surface area contributed by atoms with Crippen LogP contribution in [0.2, 0.25) is 0 Å². The lowest BCUT2D eigenvalue weighted by molar-refractivity contribution is 0.344. The van der Waals surface area contributed by atoms with E-state index in [9.17, 15) is 0 Å². The van der Waals surface area contributed by atoms with Crippen LogP contribution in [-0.4, -0.2) is 24.6 Å². The van der Waals surface area contributed by atoms with Gasteiger partial charge in [0.15, 0.2) is 5.17 Å². The number of nitrogens with zero attached hydrogens (tertiary/aromatic N) is 1. The summed E-state index contributed by atoms with van der Waals surface area (Å²) in [6.07, 6.45) is 0. The number of thioether (sulfide) groups is 1. The van der Waals surface area contributed by atoms with Crippen molar-refractivity contribution in [2.24, 2.45) is 10.7 Å². The van der Waals surface area contributed by atoms with Crippen LogP contribution in [0.3, 0.4) is 0 Å². The summed E-state index contributed by atoms with van der Waals surface area (Å²) in [4.78, 5) is 4.35. The van der Waals surface area contributed by atoms with Crippen molar-refractivity contribution < 1.29 is 9.47 Å². The second kappa shape index (κ2) is 8.21. The molecule has 0 fully saturated rings. The molecule has 0 aromatic heterocycles. The molecule has 2 rings (SSSR count). The number of hydrogen-bond acceptors (Lipinski definition) is 4. The predicted molar refractivity (Wildman–Crippen MR) is 88.7 cm³/mol. The second-order valence-electron chi connectivity index (χ2n) is 4.13. The average Bonchev–Trinajstić information content (AvgIpc) is 2.53. The van der Waals surface area contributed by atoms with Crippen LogP contribution < -0.4 is 15.2 Å². The van der Waals surface area contributed by atoms with Gasteiger partial charge in [-0.15, -0.1) is 0 Å². The van der Waals surface area contributed by atoms with Gasteiger partial charge in [0, 0.05) is 5.75 Å². The topological polar surface area (TPSA) is 56.8 Å². The molecule has 0 atom stereocenters. The van der Waals surface area contributed by atoms with E-state index in [2.05, 4.69) is 4.99 Å². The number of methoxy groups -OCH3 is 1. The van der Waals surface area contributed by atoms with E-state index in [4.69, 9.17) is 15.2 Å². The average molecular weight is 302 g/mol. The summed E-state index contributed by atoms with van der Waals surface area (Å²) in [6.45, 7) is 0.580. The Balaban J connectivity index is 1.81. The van der Waals surface area contributed by atoms with E-state index >= 15 is 0 Å². The van der Waals surface area contributed by atoms with Crippen LogP contribution in [0.25, 0.3) is 0 Å². The Morgan fingerprint density at radius 1 is 1.10 bits per heavy atom. The van der Waals surface area contributed by atoms with Gasteiger partial charge in [0.25, 0.3) is 0 Å². The fraction of sp³-hybridized carbons (Fsp3) is 0.188. The molecular weight excluding hydrogens is 284 g/mol. The number of rotatable bonds is 6. The molecule has 21 heavy (non-hydrogen) atoms. The summed E-state index contributed by atoms with van der Waals surface area (Å²) < 4.78 is 10.8. The van der Waals surface area contributed by atoms with Crippen LogP contribution >= 0.6 is 11.8 Å². The fourth-order valence-corrected chi connectivity index (χ4v) is 2.23. The van der Waals surface area contributed by atoms with Crippen LogP contribution in [-0.2, 0) is 0 Å². The quantitative estimate of drug-likeness (QED) is 0.504. The van der Waals surface area contributed by atoms with Gasteiger partial charge in [-0.3, -0.25) is 0 Å². The van der Waals surface area contributed by atoms with Crippen molar-refractivity contribution in [3.8, 4) is 11.5 Å². The smallest absolute Gasteiger partial charge is 0.159 e. The summed E-state index contributed by atoms with van der Waals surface area (Å²) in [5.74, 6) is 2.30. The zero-order valence-corrected chi connectivity index (χ0v) is 12.7. The Hall–Kier alpha value is -2.14. The lowest BCUT2D eigenvalue weighted by Gasteiger charge is -2.06. The van der Waals surface area contributed by atoms with E-state index < -0.39 is 0 Å². The predicted octanol–water partition coefficient (Wildman–Crippen LogP) is 3.45. The first-order chi connectivity index (χ1) is 10.3. The standard InChI is InChI=1S/C16H18N2O2S/c1-19-15-10-6-5-9-14(15)18-16(17)21-12-11-20-13-7-3-2-4-8-13/h2-10H,11-12H2,1H3,(H2,17,18). The van der Waals surface area contributed by atoms with Gasteiger partial charge in [-0.25, -0.2) is 4.99 Å². The van der Waals surface area contributed by atoms with E-state index in [1.165, 1.54) is 11.8 Å². The summed E-state index contributed by atoms with van der Waals surface area (Å²) in [5.41, 5.74) is 6.64. The highest BCUT2D eigenvalue weighted by atomic mass is 32.2. The highest BCUT2D eigenvalue weighted by molar-refractivity contribution is 8.13. The minimum Gasteiger partial charge on any atom is -0.494 e. The molecule has 2 aromatic carbocycles. The third-order valence-corrected chi connectivity index (χ3v) is 3.42. The molecule has 0 radical (unpaired) electrons. The minimum atomic E-state index is 0.496. The van der Waals surface area contributed by atoms with Crippen molar-refractivity contribution in [2.45, 2.75) is 0 Å². The van der Waals surface area contributed by atoms with Gasteiger partial charge < -0.3 is 15.2 Å². The van der Waals surface area contributed by atoms with Crippen molar-refractivity contribution in [1.82, 2.24) is 0 Å². The molecule has 110 valence electrons. The minimum absolute atomic E-state index is 0.496. The van der Waals surface area contributed by atoms with Crippen molar-refractivity contribution >= 4 is 22.6 Å². The normalized spacial score (nSPS) is 11.2. The van der Waals surface area contributed by atoms with E-state index in [-0.39, 0.29) is 0 Å². The maximum absolute atomic E-state index is 5.91. The Labute approximate surface area is 129 Å². The fourth-order valence-electron chi connectivity index (χ4n) is 1.70. The molecule has 0 unspecified atom stereocenters. The van der Waals surface area contributed by atoms with E-state index in [0.717, 1.165) is 17.2 Å². The van der Waals surface area contributed by atoms with E-state index in [1.54, 1.807) is 7.11 Å². The SMILES string of the molecule is COc1ccccc1N=C(N)SCCOc1ccccc1. The van der Waals surface area contributed by atoms with E-state index in [0.29, 0.717) is 17.5 Å². The first kappa shape index (κ1) is 15.3. The number of hydrogen-bond donors (Lipinski definition) is 1. The molecule has 2 aromatic rings. The third kappa shape index (κ3) is 5.04. The zero-order valence-electron chi connectivity index (χ0n) is 11.9. The molecular formula is C16H18N2O2S. The molecule has 0 heterocycles. The Morgan fingerprint density at radius 2 is 1.81 bits per heavy atom. The lowest BCUT2D eigenvalue weighted by Crippen LogP contribution is -2.10. The first-order valence-corrected chi connectivity index (χ1v) is 7.56. The zero-order chi connectivity index (χ0) is 14.9. The Morgan fingerprint density at radius 3 is 2.57 bits per heavy atom. The molecule has 4 nitrogen and oxygen atoms in total. The van der Waals surface area contributed by atoms with Crippen molar-refractivity contribution in [2.75, 3.05) is 19.5 Å². The number of para-hydroxylation sites is 3. The monoisotopic (exact) mass is 302 g/mol. The van der Waals surface area contributed by atoms with E-state index in [1.807, 2.05) is 54.6 Å².